The van der Waals surface area contributed by atoms with Gasteiger partial charge in [0.25, 0.3) is 0 Å². The Labute approximate surface area is 200 Å². The first-order chi connectivity index (χ1) is 16.8. The molecule has 2 aliphatic heterocycles. The maximum atomic E-state index is 13.1. The number of aryl methyl sites for hydroxylation is 1. The molecule has 0 bridgehead atoms. The number of carbonyl (C=O) groups excluding carboxylic acids is 2. The Morgan fingerprint density at radius 1 is 1.03 bits per heavy atom. The number of hydrogen-bond donors (Lipinski definition) is 1. The highest BCUT2D eigenvalue weighted by molar-refractivity contribution is 6.03. The highest BCUT2D eigenvalue weighted by Gasteiger charge is 2.37. The number of hydrogen-bond acceptors (Lipinski definition) is 4. The molecule has 1 fully saturated rings. The zero-order valence-electron chi connectivity index (χ0n) is 18.9. The van der Waals surface area contributed by atoms with E-state index in [9.17, 15) is 22.8 Å². The summed E-state index contributed by atoms with van der Waals surface area (Å²) in [6.45, 7) is 0.868. The van der Waals surface area contributed by atoms with Gasteiger partial charge in [-0.2, -0.15) is 13.2 Å². The minimum absolute atomic E-state index is 0.0172. The predicted molar refractivity (Wildman–Crippen MR) is 124 cm³/mol. The second-order valence-electron chi connectivity index (χ2n) is 8.93. The van der Waals surface area contributed by atoms with Crippen molar-refractivity contribution in [3.05, 3.63) is 59.9 Å². The summed E-state index contributed by atoms with van der Waals surface area (Å²) >= 11 is 0. The number of benzene rings is 2. The molecule has 2 amide bonds. The van der Waals surface area contributed by atoms with Crippen molar-refractivity contribution in [2.45, 2.75) is 44.8 Å². The molecule has 182 valence electrons. The van der Waals surface area contributed by atoms with Gasteiger partial charge in [-0.15, -0.1) is 10.2 Å². The summed E-state index contributed by atoms with van der Waals surface area (Å²) in [5, 5.41) is 11.5. The van der Waals surface area contributed by atoms with E-state index in [-0.39, 0.29) is 30.5 Å². The van der Waals surface area contributed by atoms with Crippen LogP contribution in [0.4, 0.5) is 24.5 Å². The van der Waals surface area contributed by atoms with Crippen LogP contribution in [0.2, 0.25) is 0 Å². The zero-order valence-corrected chi connectivity index (χ0v) is 18.9. The fourth-order valence-electron chi connectivity index (χ4n) is 4.66. The molecule has 35 heavy (non-hydrogen) atoms. The lowest BCUT2D eigenvalue weighted by Gasteiger charge is -2.18. The number of carbonyl (C=O) groups is 2. The molecule has 0 aliphatic carbocycles. The lowest BCUT2D eigenvalue weighted by Crippen LogP contribution is -2.28. The molecular weight excluding hydrogens is 459 g/mol. The zero-order chi connectivity index (χ0) is 24.6. The van der Waals surface area contributed by atoms with Crippen molar-refractivity contribution < 1.29 is 22.8 Å². The van der Waals surface area contributed by atoms with E-state index in [2.05, 4.69) is 20.1 Å². The molecule has 1 atom stereocenters. The van der Waals surface area contributed by atoms with E-state index in [1.54, 1.807) is 6.07 Å². The van der Waals surface area contributed by atoms with Gasteiger partial charge in [0.1, 0.15) is 5.82 Å². The first kappa shape index (κ1) is 23.1. The van der Waals surface area contributed by atoms with Gasteiger partial charge in [-0.3, -0.25) is 9.59 Å². The van der Waals surface area contributed by atoms with Crippen molar-refractivity contribution >= 4 is 23.2 Å². The SMILES string of the molecule is O=C(Nc1cccc(-c2nnc3n2CCCCC3)c1)C1CC(=O)N(c2cccc(C(F)(F)F)c2)C1. The number of rotatable bonds is 4. The maximum Gasteiger partial charge on any atom is 0.416 e. The molecular formula is C25H24F3N5O2. The van der Waals surface area contributed by atoms with Gasteiger partial charge in [0, 0.05) is 42.9 Å². The third-order valence-corrected chi connectivity index (χ3v) is 6.48. The second-order valence-corrected chi connectivity index (χ2v) is 8.93. The number of nitrogens with zero attached hydrogens (tertiary/aromatic N) is 4. The molecule has 5 rings (SSSR count). The molecule has 1 aromatic heterocycles. The number of alkyl halides is 3. The van der Waals surface area contributed by atoms with Gasteiger partial charge in [0.15, 0.2) is 5.82 Å². The molecule has 2 aromatic carbocycles. The highest BCUT2D eigenvalue weighted by atomic mass is 19.4. The van der Waals surface area contributed by atoms with E-state index >= 15 is 0 Å². The Bertz CT molecular complexity index is 1270. The van der Waals surface area contributed by atoms with E-state index in [0.29, 0.717) is 5.69 Å². The molecule has 1 N–H and O–H groups in total. The molecule has 3 aromatic rings. The average Bonchev–Trinajstić information content (AvgIpc) is 3.34. The molecule has 1 unspecified atom stereocenters. The number of fused-ring (bicyclic) bond motifs is 1. The summed E-state index contributed by atoms with van der Waals surface area (Å²) in [6, 6.07) is 11.9. The second kappa shape index (κ2) is 9.16. The summed E-state index contributed by atoms with van der Waals surface area (Å²) in [4.78, 5) is 26.7. The van der Waals surface area contributed by atoms with Crippen LogP contribution in [0.5, 0.6) is 0 Å². The first-order valence-electron chi connectivity index (χ1n) is 11.6. The van der Waals surface area contributed by atoms with E-state index in [1.807, 2.05) is 18.2 Å². The fraction of sp³-hybridized carbons (Fsp3) is 0.360. The molecule has 0 spiro atoms. The van der Waals surface area contributed by atoms with Crippen molar-refractivity contribution in [1.82, 2.24) is 14.8 Å². The summed E-state index contributed by atoms with van der Waals surface area (Å²) in [6.07, 6.45) is -0.390. The number of halogens is 3. The Hall–Kier alpha value is -3.69. The Kier molecular flexibility index (Phi) is 6.04. The van der Waals surface area contributed by atoms with Crippen LogP contribution in [0.1, 0.15) is 37.1 Å². The van der Waals surface area contributed by atoms with Gasteiger partial charge >= 0.3 is 6.18 Å². The highest BCUT2D eigenvalue weighted by Crippen LogP contribution is 2.34. The Morgan fingerprint density at radius 3 is 2.69 bits per heavy atom. The molecule has 2 aliphatic rings. The molecule has 1 saturated heterocycles. The standard InChI is InChI=1S/C25H24F3N5O2/c26-25(27,28)18-7-5-9-20(14-18)33-15-17(13-22(33)34)24(35)29-19-8-4-6-16(12-19)23-31-30-21-10-2-1-3-11-32(21)23/h4-9,12,14,17H,1-3,10-11,13,15H2,(H,29,35). The summed E-state index contributed by atoms with van der Waals surface area (Å²) < 4.78 is 41.3. The lowest BCUT2D eigenvalue weighted by atomic mass is 10.1. The van der Waals surface area contributed by atoms with Crippen molar-refractivity contribution in [2.24, 2.45) is 5.92 Å². The van der Waals surface area contributed by atoms with Crippen LogP contribution in [0.15, 0.2) is 48.5 Å². The third-order valence-electron chi connectivity index (χ3n) is 6.48. The largest absolute Gasteiger partial charge is 0.416 e. The normalized spacial score (nSPS) is 18.3. The fourth-order valence-corrected chi connectivity index (χ4v) is 4.66. The van der Waals surface area contributed by atoms with Crippen LogP contribution in [0, 0.1) is 5.92 Å². The first-order valence-corrected chi connectivity index (χ1v) is 11.6. The number of aromatic nitrogens is 3. The summed E-state index contributed by atoms with van der Waals surface area (Å²) in [5.74, 6) is 0.301. The van der Waals surface area contributed by atoms with Gasteiger partial charge < -0.3 is 14.8 Å². The Morgan fingerprint density at radius 2 is 1.86 bits per heavy atom. The topological polar surface area (TPSA) is 80.1 Å². The molecule has 7 nitrogen and oxygen atoms in total. The molecule has 3 heterocycles. The van der Waals surface area contributed by atoms with E-state index in [0.717, 1.165) is 61.6 Å². The monoisotopic (exact) mass is 483 g/mol. The predicted octanol–water partition coefficient (Wildman–Crippen LogP) is 4.68. The van der Waals surface area contributed by atoms with Crippen molar-refractivity contribution in [1.29, 1.82) is 0 Å². The van der Waals surface area contributed by atoms with Crippen molar-refractivity contribution in [3.8, 4) is 11.4 Å². The molecule has 10 heteroatoms. The third kappa shape index (κ3) is 4.78. The van der Waals surface area contributed by atoms with Crippen molar-refractivity contribution in [2.75, 3.05) is 16.8 Å². The number of nitrogens with one attached hydrogen (secondary N) is 1. The van der Waals surface area contributed by atoms with Gasteiger partial charge in [0.05, 0.1) is 11.5 Å². The van der Waals surface area contributed by atoms with E-state index in [4.69, 9.17) is 0 Å². The van der Waals surface area contributed by atoms with E-state index < -0.39 is 17.7 Å². The number of amides is 2. The quantitative estimate of drug-likeness (QED) is 0.584. The van der Waals surface area contributed by atoms with Gasteiger partial charge in [-0.05, 0) is 43.2 Å². The van der Waals surface area contributed by atoms with E-state index in [1.165, 1.54) is 17.0 Å². The van der Waals surface area contributed by atoms with Crippen LogP contribution >= 0.6 is 0 Å². The maximum absolute atomic E-state index is 13.1. The van der Waals surface area contributed by atoms with Crippen LogP contribution < -0.4 is 10.2 Å². The van der Waals surface area contributed by atoms with Crippen LogP contribution in [0.25, 0.3) is 11.4 Å². The van der Waals surface area contributed by atoms with Gasteiger partial charge in [-0.1, -0.05) is 24.6 Å². The van der Waals surface area contributed by atoms with Gasteiger partial charge in [-0.25, -0.2) is 0 Å². The van der Waals surface area contributed by atoms with Crippen molar-refractivity contribution in [3.63, 3.8) is 0 Å². The molecule has 0 radical (unpaired) electrons. The molecule has 0 saturated carbocycles. The number of anilines is 2. The summed E-state index contributed by atoms with van der Waals surface area (Å²) in [5.41, 5.74) is 0.688. The lowest BCUT2D eigenvalue weighted by molar-refractivity contribution is -0.137. The van der Waals surface area contributed by atoms with Crippen LogP contribution in [-0.2, 0) is 28.7 Å². The van der Waals surface area contributed by atoms with Crippen LogP contribution in [0.3, 0.4) is 0 Å². The summed E-state index contributed by atoms with van der Waals surface area (Å²) in [7, 11) is 0. The smallest absolute Gasteiger partial charge is 0.326 e. The van der Waals surface area contributed by atoms with Gasteiger partial charge in [0.2, 0.25) is 11.8 Å². The van der Waals surface area contributed by atoms with Crippen LogP contribution in [-0.4, -0.2) is 33.1 Å². The average molecular weight is 483 g/mol. The minimum Gasteiger partial charge on any atom is -0.326 e. The minimum atomic E-state index is -4.51. The Balaban J connectivity index is 1.30.